The Morgan fingerprint density at radius 2 is 1.85 bits per heavy atom. The van der Waals surface area contributed by atoms with Crippen LogP contribution in [-0.2, 0) is 9.47 Å². The zero-order chi connectivity index (χ0) is 18.7. The molecule has 2 saturated heterocycles. The number of carbonyl (C=O) groups excluding carboxylic acids is 1. The van der Waals surface area contributed by atoms with Crippen molar-refractivity contribution in [2.45, 2.75) is 45.1 Å². The molecule has 0 radical (unpaired) electrons. The summed E-state index contributed by atoms with van der Waals surface area (Å²) in [5.41, 5.74) is 0.349. The summed E-state index contributed by atoms with van der Waals surface area (Å²) in [6.45, 7) is 9.58. The molecule has 26 heavy (non-hydrogen) atoms. The van der Waals surface area contributed by atoms with E-state index in [-0.39, 0.29) is 17.9 Å². The van der Waals surface area contributed by atoms with Crippen molar-refractivity contribution in [2.75, 3.05) is 44.3 Å². The molecule has 0 unspecified atom stereocenters. The number of nitrogens with zero attached hydrogens (tertiary/aromatic N) is 4. The topological polar surface area (TPSA) is 88.0 Å². The molecule has 8 nitrogen and oxygen atoms in total. The molecular formula is C18H28N4O4. The molecule has 3 rings (SSSR count). The van der Waals surface area contributed by atoms with E-state index in [0.29, 0.717) is 32.3 Å². The quantitative estimate of drug-likeness (QED) is 0.860. The monoisotopic (exact) mass is 364 g/mol. The van der Waals surface area contributed by atoms with Gasteiger partial charge >= 0.3 is 6.09 Å². The molecular weight excluding hydrogens is 336 g/mol. The Morgan fingerprint density at radius 3 is 2.46 bits per heavy atom. The molecule has 0 bridgehead atoms. The Balaban J connectivity index is 1.64. The minimum absolute atomic E-state index is 0.00827. The van der Waals surface area contributed by atoms with Crippen molar-refractivity contribution < 1.29 is 19.4 Å². The van der Waals surface area contributed by atoms with E-state index in [1.807, 2.05) is 25.7 Å². The van der Waals surface area contributed by atoms with Gasteiger partial charge in [-0.2, -0.15) is 4.98 Å². The molecule has 0 spiro atoms. The van der Waals surface area contributed by atoms with Crippen LogP contribution < -0.4 is 4.90 Å². The number of morpholine rings is 1. The van der Waals surface area contributed by atoms with Gasteiger partial charge in [0.15, 0.2) is 0 Å². The Morgan fingerprint density at radius 1 is 1.19 bits per heavy atom. The van der Waals surface area contributed by atoms with Crippen molar-refractivity contribution in [1.82, 2.24) is 14.9 Å². The van der Waals surface area contributed by atoms with Crippen LogP contribution in [0.15, 0.2) is 6.07 Å². The minimum Gasteiger partial charge on any atom is -0.493 e. The first-order chi connectivity index (χ1) is 12.3. The van der Waals surface area contributed by atoms with Gasteiger partial charge in [-0.05, 0) is 33.6 Å². The summed E-state index contributed by atoms with van der Waals surface area (Å²) in [7, 11) is 0. The molecule has 2 fully saturated rings. The highest BCUT2D eigenvalue weighted by atomic mass is 16.6. The van der Waals surface area contributed by atoms with Crippen molar-refractivity contribution in [1.29, 1.82) is 0 Å². The molecule has 3 heterocycles. The predicted molar refractivity (Wildman–Crippen MR) is 96.5 cm³/mol. The number of hydrogen-bond acceptors (Lipinski definition) is 7. The van der Waals surface area contributed by atoms with Crippen LogP contribution in [0.4, 0.5) is 10.7 Å². The molecule has 0 atom stereocenters. The molecule has 8 heteroatoms. The lowest BCUT2D eigenvalue weighted by atomic mass is 9.93. The van der Waals surface area contributed by atoms with E-state index >= 15 is 0 Å². The number of hydrogen-bond donors (Lipinski definition) is 1. The third-order valence-electron chi connectivity index (χ3n) is 4.58. The minimum atomic E-state index is -0.487. The lowest BCUT2D eigenvalue weighted by Gasteiger charge is -2.33. The number of piperidine rings is 1. The smallest absolute Gasteiger partial charge is 0.410 e. The van der Waals surface area contributed by atoms with Gasteiger partial charge in [0, 0.05) is 38.2 Å². The number of ether oxygens (including phenoxy) is 2. The SMILES string of the molecule is CC(C)(C)OC(=O)N1CCC(c2cc(O)nc(N3CCOCC3)n2)CC1. The molecule has 0 aliphatic carbocycles. The third kappa shape index (κ3) is 4.75. The molecule has 0 saturated carbocycles. The van der Waals surface area contributed by atoms with Crippen molar-refractivity contribution in [3.8, 4) is 5.88 Å². The molecule has 2 aliphatic heterocycles. The second-order valence-electron chi connectivity index (χ2n) is 7.79. The van der Waals surface area contributed by atoms with Crippen LogP contribution in [0.5, 0.6) is 5.88 Å². The van der Waals surface area contributed by atoms with Gasteiger partial charge in [-0.15, -0.1) is 0 Å². The fourth-order valence-electron chi connectivity index (χ4n) is 3.24. The van der Waals surface area contributed by atoms with Crippen LogP contribution in [0.3, 0.4) is 0 Å². The number of anilines is 1. The van der Waals surface area contributed by atoms with Crippen molar-refractivity contribution in [3.05, 3.63) is 11.8 Å². The van der Waals surface area contributed by atoms with E-state index in [9.17, 15) is 9.90 Å². The van der Waals surface area contributed by atoms with Crippen LogP contribution >= 0.6 is 0 Å². The maximum Gasteiger partial charge on any atom is 0.410 e. The van der Waals surface area contributed by atoms with Gasteiger partial charge in [0.25, 0.3) is 0 Å². The van der Waals surface area contributed by atoms with E-state index in [1.165, 1.54) is 0 Å². The van der Waals surface area contributed by atoms with Crippen LogP contribution in [0, 0.1) is 0 Å². The van der Waals surface area contributed by atoms with E-state index in [1.54, 1.807) is 11.0 Å². The number of aromatic hydroxyl groups is 1. The molecule has 1 amide bonds. The number of likely N-dealkylation sites (tertiary alicyclic amines) is 1. The number of carbonyl (C=O) groups is 1. The fraction of sp³-hybridized carbons (Fsp3) is 0.722. The summed E-state index contributed by atoms with van der Waals surface area (Å²) in [5.74, 6) is 0.742. The first kappa shape index (κ1) is 18.7. The van der Waals surface area contributed by atoms with Gasteiger partial charge in [-0.3, -0.25) is 0 Å². The lowest BCUT2D eigenvalue weighted by molar-refractivity contribution is 0.0204. The Hall–Kier alpha value is -2.09. The highest BCUT2D eigenvalue weighted by Crippen LogP contribution is 2.30. The lowest BCUT2D eigenvalue weighted by Crippen LogP contribution is -2.41. The number of amides is 1. The zero-order valence-corrected chi connectivity index (χ0v) is 15.8. The van der Waals surface area contributed by atoms with Crippen LogP contribution in [-0.4, -0.2) is 71.1 Å². The van der Waals surface area contributed by atoms with Gasteiger partial charge in [0.05, 0.1) is 18.9 Å². The van der Waals surface area contributed by atoms with Gasteiger partial charge < -0.3 is 24.4 Å². The number of rotatable bonds is 2. The zero-order valence-electron chi connectivity index (χ0n) is 15.8. The van der Waals surface area contributed by atoms with E-state index in [0.717, 1.165) is 31.6 Å². The summed E-state index contributed by atoms with van der Waals surface area (Å²) in [6, 6.07) is 1.64. The maximum atomic E-state index is 12.2. The van der Waals surface area contributed by atoms with Crippen molar-refractivity contribution >= 4 is 12.0 Å². The molecule has 144 valence electrons. The third-order valence-corrected chi connectivity index (χ3v) is 4.58. The average molecular weight is 364 g/mol. The van der Waals surface area contributed by atoms with Crippen molar-refractivity contribution in [3.63, 3.8) is 0 Å². The summed E-state index contributed by atoms with van der Waals surface area (Å²) in [5, 5.41) is 10.0. The summed E-state index contributed by atoms with van der Waals surface area (Å²) >= 11 is 0. The molecule has 2 aliphatic rings. The second-order valence-corrected chi connectivity index (χ2v) is 7.79. The highest BCUT2D eigenvalue weighted by molar-refractivity contribution is 5.68. The summed E-state index contributed by atoms with van der Waals surface area (Å²) < 4.78 is 10.8. The predicted octanol–water partition coefficient (Wildman–Crippen LogP) is 2.13. The molecule has 1 aromatic heterocycles. The Bertz CT molecular complexity index is 633. The standard InChI is InChI=1S/C18H28N4O4/c1-18(2,3)26-17(24)22-6-4-13(5-7-22)14-12-15(23)20-16(19-14)21-8-10-25-11-9-21/h12-13H,4-11H2,1-3H3,(H,19,20,23). The van der Waals surface area contributed by atoms with Crippen LogP contribution in [0.25, 0.3) is 0 Å². The molecule has 1 N–H and O–H groups in total. The second kappa shape index (κ2) is 7.65. The Kier molecular flexibility index (Phi) is 5.50. The van der Waals surface area contributed by atoms with E-state index in [4.69, 9.17) is 9.47 Å². The maximum absolute atomic E-state index is 12.2. The van der Waals surface area contributed by atoms with Crippen LogP contribution in [0.2, 0.25) is 0 Å². The summed E-state index contributed by atoms with van der Waals surface area (Å²) in [4.78, 5) is 24.8. The summed E-state index contributed by atoms with van der Waals surface area (Å²) in [6.07, 6.45) is 1.31. The fourth-order valence-corrected chi connectivity index (χ4v) is 3.24. The van der Waals surface area contributed by atoms with E-state index < -0.39 is 5.60 Å². The number of aromatic nitrogens is 2. The average Bonchev–Trinajstić information content (AvgIpc) is 2.61. The molecule has 0 aromatic carbocycles. The van der Waals surface area contributed by atoms with Gasteiger partial charge in [-0.25, -0.2) is 9.78 Å². The van der Waals surface area contributed by atoms with Gasteiger partial charge in [0.1, 0.15) is 5.60 Å². The normalized spacial score (nSPS) is 19.5. The largest absolute Gasteiger partial charge is 0.493 e. The van der Waals surface area contributed by atoms with Crippen LogP contribution in [0.1, 0.15) is 45.2 Å². The van der Waals surface area contributed by atoms with Gasteiger partial charge in [0.2, 0.25) is 11.8 Å². The Labute approximate surface area is 154 Å². The first-order valence-electron chi connectivity index (χ1n) is 9.20. The van der Waals surface area contributed by atoms with Crippen molar-refractivity contribution in [2.24, 2.45) is 0 Å². The van der Waals surface area contributed by atoms with E-state index in [2.05, 4.69) is 9.97 Å². The first-order valence-corrected chi connectivity index (χ1v) is 9.20. The van der Waals surface area contributed by atoms with Gasteiger partial charge in [-0.1, -0.05) is 0 Å². The highest BCUT2D eigenvalue weighted by Gasteiger charge is 2.29. The molecule has 1 aromatic rings.